The van der Waals surface area contributed by atoms with Gasteiger partial charge in [-0.05, 0) is 38.2 Å². The number of hydrogen-bond acceptors (Lipinski definition) is 5. The van der Waals surface area contributed by atoms with Crippen molar-refractivity contribution in [2.75, 3.05) is 46.5 Å². The van der Waals surface area contributed by atoms with Gasteiger partial charge in [0.2, 0.25) is 0 Å². The van der Waals surface area contributed by atoms with Gasteiger partial charge in [0.1, 0.15) is 13.1 Å². The van der Waals surface area contributed by atoms with E-state index in [-0.39, 0.29) is 6.10 Å². The number of ether oxygens (including phenoxy) is 3. The van der Waals surface area contributed by atoms with Crippen LogP contribution in [0.25, 0.3) is 0 Å². The molecule has 8 heteroatoms. The molecule has 2 rings (SSSR count). The predicted octanol–water partition coefficient (Wildman–Crippen LogP) is 0.586. The van der Waals surface area contributed by atoms with E-state index in [1.807, 2.05) is 32.0 Å². The minimum Gasteiger partial charge on any atom is -0.493 e. The molecule has 0 unspecified atom stereocenters. The molecule has 0 amide bonds. The van der Waals surface area contributed by atoms with Gasteiger partial charge >= 0.3 is 0 Å². The summed E-state index contributed by atoms with van der Waals surface area (Å²) < 4.78 is 16.6. The third-order valence-electron chi connectivity index (χ3n) is 4.15. The van der Waals surface area contributed by atoms with E-state index in [9.17, 15) is 0 Å². The van der Waals surface area contributed by atoms with Crippen LogP contribution in [0.2, 0.25) is 0 Å². The zero-order valence-corrected chi connectivity index (χ0v) is 17.2. The molecule has 1 aromatic rings. The number of hydrogen-bond donors (Lipinski definition) is 3. The summed E-state index contributed by atoms with van der Waals surface area (Å²) in [5.74, 6) is 1.35. The fraction of sp³-hybridized carbons (Fsp3) is 0.579. The third-order valence-corrected chi connectivity index (χ3v) is 4.38. The van der Waals surface area contributed by atoms with Crippen molar-refractivity contribution in [2.45, 2.75) is 26.4 Å². The van der Waals surface area contributed by atoms with E-state index in [1.54, 1.807) is 18.2 Å². The van der Waals surface area contributed by atoms with E-state index in [4.69, 9.17) is 26.4 Å². The number of morpholine rings is 1. The molecule has 1 aliphatic heterocycles. The molecule has 0 radical (unpaired) electrons. The summed E-state index contributed by atoms with van der Waals surface area (Å²) in [6.45, 7) is 9.82. The smallest absolute Gasteiger partial charge is 0.186 e. The van der Waals surface area contributed by atoms with Gasteiger partial charge in [-0.3, -0.25) is 5.43 Å². The number of nitrogens with zero attached hydrogens (tertiary/aromatic N) is 1. The van der Waals surface area contributed by atoms with Crippen LogP contribution in [0.4, 0.5) is 0 Å². The number of rotatable bonds is 9. The number of quaternary nitrogens is 1. The minimum absolute atomic E-state index is 0.0396. The van der Waals surface area contributed by atoms with Gasteiger partial charge in [0.15, 0.2) is 16.6 Å². The number of para-hydroxylation sites is 1. The van der Waals surface area contributed by atoms with E-state index in [1.165, 1.54) is 0 Å². The first kappa shape index (κ1) is 21.4. The quantitative estimate of drug-likeness (QED) is 0.246. The Kier molecular flexibility index (Phi) is 9.30. The molecule has 0 aromatic heterocycles. The van der Waals surface area contributed by atoms with E-state index in [0.29, 0.717) is 16.6 Å². The van der Waals surface area contributed by atoms with Crippen LogP contribution in [-0.4, -0.2) is 63.9 Å². The first-order chi connectivity index (χ1) is 13.1. The van der Waals surface area contributed by atoms with Crippen LogP contribution >= 0.6 is 12.2 Å². The normalized spacial score (nSPS) is 15.1. The monoisotopic (exact) mass is 395 g/mol. The Morgan fingerprint density at radius 2 is 2.15 bits per heavy atom. The lowest BCUT2D eigenvalue weighted by Gasteiger charge is -2.23. The fourth-order valence-electron chi connectivity index (χ4n) is 2.81. The standard InChI is InChI=1S/C19H30N4O3S/c1-15(2)26-18-16(6-4-7-17(18)24-3)14-21-22-19(27)20-8-5-9-23-10-12-25-13-11-23/h4,6-7,14-15H,5,8-13H2,1-3H3,(H2,20,22,27)/p+1/b21-14-. The molecule has 0 atom stereocenters. The van der Waals surface area contributed by atoms with Gasteiger partial charge < -0.3 is 24.4 Å². The molecule has 0 aliphatic carbocycles. The van der Waals surface area contributed by atoms with Crippen LogP contribution in [0.5, 0.6) is 11.5 Å². The van der Waals surface area contributed by atoms with Crippen molar-refractivity contribution in [3.63, 3.8) is 0 Å². The average Bonchev–Trinajstić information content (AvgIpc) is 2.67. The lowest BCUT2D eigenvalue weighted by molar-refractivity contribution is -0.908. The minimum atomic E-state index is 0.0396. The summed E-state index contributed by atoms with van der Waals surface area (Å²) in [7, 11) is 1.62. The van der Waals surface area contributed by atoms with Gasteiger partial charge in [0, 0.05) is 18.5 Å². The lowest BCUT2D eigenvalue weighted by Crippen LogP contribution is -3.14. The second-order valence-corrected chi connectivity index (χ2v) is 7.05. The maximum absolute atomic E-state index is 5.86. The second-order valence-electron chi connectivity index (χ2n) is 6.64. The Bertz CT molecular complexity index is 619. The van der Waals surface area contributed by atoms with E-state index >= 15 is 0 Å². The van der Waals surface area contributed by atoms with Crippen LogP contribution in [0.3, 0.4) is 0 Å². The van der Waals surface area contributed by atoms with Crippen LogP contribution in [0, 0.1) is 0 Å². The molecule has 1 aliphatic rings. The molecule has 1 fully saturated rings. The van der Waals surface area contributed by atoms with E-state index in [2.05, 4.69) is 15.8 Å². The van der Waals surface area contributed by atoms with Crippen molar-refractivity contribution in [3.05, 3.63) is 23.8 Å². The number of nitrogens with one attached hydrogen (secondary N) is 3. The van der Waals surface area contributed by atoms with Gasteiger partial charge in [-0.15, -0.1) is 0 Å². The molecule has 0 bridgehead atoms. The third kappa shape index (κ3) is 7.70. The van der Waals surface area contributed by atoms with Gasteiger partial charge in [-0.2, -0.15) is 5.10 Å². The largest absolute Gasteiger partial charge is 0.493 e. The maximum Gasteiger partial charge on any atom is 0.186 e. The summed E-state index contributed by atoms with van der Waals surface area (Å²) in [6.07, 6.45) is 2.78. The molecule has 3 N–H and O–H groups in total. The van der Waals surface area contributed by atoms with Crippen LogP contribution < -0.4 is 25.1 Å². The Labute approximate surface area is 167 Å². The molecular formula is C19H31N4O3S+. The molecule has 7 nitrogen and oxygen atoms in total. The zero-order valence-electron chi connectivity index (χ0n) is 16.4. The molecule has 1 aromatic carbocycles. The number of benzene rings is 1. The van der Waals surface area contributed by atoms with Crippen molar-refractivity contribution < 1.29 is 19.1 Å². The topological polar surface area (TPSA) is 68.5 Å². The highest BCUT2D eigenvalue weighted by Gasteiger charge is 2.13. The van der Waals surface area contributed by atoms with Crippen molar-refractivity contribution in [2.24, 2.45) is 5.10 Å². The van der Waals surface area contributed by atoms with Gasteiger partial charge in [0.25, 0.3) is 0 Å². The molecule has 27 heavy (non-hydrogen) atoms. The second kappa shape index (κ2) is 11.7. The highest BCUT2D eigenvalue weighted by molar-refractivity contribution is 7.80. The van der Waals surface area contributed by atoms with Crippen molar-refractivity contribution in [3.8, 4) is 11.5 Å². The number of methoxy groups -OCH3 is 1. The van der Waals surface area contributed by atoms with Gasteiger partial charge in [-0.1, -0.05) is 6.07 Å². The lowest BCUT2D eigenvalue weighted by atomic mass is 10.2. The number of hydrazone groups is 1. The number of thiocarbonyl (C=S) groups is 1. The molecule has 150 valence electrons. The Hall–Kier alpha value is -1.90. The Balaban J connectivity index is 1.76. The molecule has 0 spiro atoms. The summed E-state index contributed by atoms with van der Waals surface area (Å²) in [5, 5.41) is 7.91. The fourth-order valence-corrected chi connectivity index (χ4v) is 2.96. The van der Waals surface area contributed by atoms with Crippen molar-refractivity contribution >= 4 is 23.5 Å². The first-order valence-corrected chi connectivity index (χ1v) is 9.83. The molecular weight excluding hydrogens is 364 g/mol. The highest BCUT2D eigenvalue weighted by Crippen LogP contribution is 2.30. The van der Waals surface area contributed by atoms with Crippen LogP contribution in [0.1, 0.15) is 25.8 Å². The summed E-state index contributed by atoms with van der Waals surface area (Å²) in [5.41, 5.74) is 3.68. The van der Waals surface area contributed by atoms with E-state index in [0.717, 1.165) is 51.4 Å². The van der Waals surface area contributed by atoms with Crippen LogP contribution in [0.15, 0.2) is 23.3 Å². The molecule has 1 heterocycles. The predicted molar refractivity (Wildman–Crippen MR) is 111 cm³/mol. The van der Waals surface area contributed by atoms with Gasteiger partial charge in [-0.25, -0.2) is 0 Å². The zero-order chi connectivity index (χ0) is 19.5. The SMILES string of the molecule is COc1cccc(/C=N\NC(=S)NCCC[NH+]2CCOCC2)c1OC(C)C. The first-order valence-electron chi connectivity index (χ1n) is 9.42. The van der Waals surface area contributed by atoms with Crippen molar-refractivity contribution in [1.82, 2.24) is 10.7 Å². The summed E-state index contributed by atoms with van der Waals surface area (Å²) >= 11 is 5.27. The van der Waals surface area contributed by atoms with E-state index < -0.39 is 0 Å². The Morgan fingerprint density at radius 3 is 2.85 bits per heavy atom. The maximum atomic E-state index is 5.86. The van der Waals surface area contributed by atoms with Crippen molar-refractivity contribution in [1.29, 1.82) is 0 Å². The summed E-state index contributed by atoms with van der Waals surface area (Å²) in [4.78, 5) is 1.59. The molecule has 0 saturated carbocycles. The average molecular weight is 396 g/mol. The Morgan fingerprint density at radius 1 is 1.37 bits per heavy atom. The highest BCUT2D eigenvalue weighted by atomic mass is 32.1. The van der Waals surface area contributed by atoms with Crippen LogP contribution in [-0.2, 0) is 4.74 Å². The summed E-state index contributed by atoms with van der Waals surface area (Å²) in [6, 6.07) is 5.69. The molecule has 1 saturated heterocycles. The van der Waals surface area contributed by atoms with Gasteiger partial charge in [0.05, 0.1) is 39.2 Å².